The molecule has 2 amide bonds. The predicted molar refractivity (Wildman–Crippen MR) is 77.8 cm³/mol. The van der Waals surface area contributed by atoms with Gasteiger partial charge in [-0.1, -0.05) is 13.8 Å². The number of ether oxygens (including phenoxy) is 1. The van der Waals surface area contributed by atoms with Gasteiger partial charge in [-0.15, -0.1) is 0 Å². The number of nitrogens with one attached hydrogen (secondary N) is 2. The Bertz CT molecular complexity index is 450. The zero-order valence-corrected chi connectivity index (χ0v) is 12.5. The van der Waals surface area contributed by atoms with Crippen molar-refractivity contribution in [1.82, 2.24) is 15.1 Å². The van der Waals surface area contributed by atoms with Crippen molar-refractivity contribution in [2.24, 2.45) is 5.92 Å². The molecule has 2 N–H and O–H groups in total. The van der Waals surface area contributed by atoms with Crippen LogP contribution in [0, 0.1) is 12.8 Å². The Kier molecular flexibility index (Phi) is 5.00. The van der Waals surface area contributed by atoms with Crippen molar-refractivity contribution in [2.75, 3.05) is 18.5 Å². The molecule has 1 aliphatic heterocycles. The third kappa shape index (κ3) is 4.23. The molecule has 0 bridgehead atoms. The van der Waals surface area contributed by atoms with E-state index in [0.29, 0.717) is 5.92 Å². The van der Waals surface area contributed by atoms with E-state index in [2.05, 4.69) is 29.6 Å². The molecule has 20 heavy (non-hydrogen) atoms. The van der Waals surface area contributed by atoms with Gasteiger partial charge >= 0.3 is 6.03 Å². The number of amides is 2. The molecule has 0 spiro atoms. The van der Waals surface area contributed by atoms with E-state index in [4.69, 9.17) is 4.74 Å². The van der Waals surface area contributed by atoms with Crippen molar-refractivity contribution in [2.45, 2.75) is 46.2 Å². The lowest BCUT2D eigenvalue weighted by Crippen LogP contribution is -2.41. The number of hydrogen-bond acceptors (Lipinski definition) is 3. The van der Waals surface area contributed by atoms with Crippen LogP contribution in [0.4, 0.5) is 10.6 Å². The molecule has 1 saturated heterocycles. The second kappa shape index (κ2) is 6.74. The standard InChI is InChI=1S/C14H24N4O2/c1-10(2)9-18-13(8-11(3)17-18)16-14(19)15-12-4-6-20-7-5-12/h8,10,12H,4-7,9H2,1-3H3,(H2,15,16,19). The Morgan fingerprint density at radius 3 is 2.85 bits per heavy atom. The maximum Gasteiger partial charge on any atom is 0.320 e. The molecule has 1 aromatic heterocycles. The zero-order chi connectivity index (χ0) is 14.5. The van der Waals surface area contributed by atoms with Gasteiger partial charge in [0.1, 0.15) is 5.82 Å². The highest BCUT2D eigenvalue weighted by atomic mass is 16.5. The number of carbonyl (C=O) groups excluding carboxylic acids is 1. The second-order valence-corrected chi connectivity index (χ2v) is 5.73. The first-order chi connectivity index (χ1) is 9.54. The molecular formula is C14H24N4O2. The van der Waals surface area contributed by atoms with Gasteiger partial charge in [0, 0.05) is 31.9 Å². The lowest BCUT2D eigenvalue weighted by atomic mass is 10.1. The SMILES string of the molecule is Cc1cc(NC(=O)NC2CCOCC2)n(CC(C)C)n1. The molecule has 0 aliphatic carbocycles. The summed E-state index contributed by atoms with van der Waals surface area (Å²) < 4.78 is 7.13. The number of nitrogens with zero attached hydrogens (tertiary/aromatic N) is 2. The molecule has 6 nitrogen and oxygen atoms in total. The normalized spacial score (nSPS) is 16.4. The van der Waals surface area contributed by atoms with E-state index in [9.17, 15) is 4.79 Å². The van der Waals surface area contributed by atoms with Gasteiger partial charge in [-0.2, -0.15) is 5.10 Å². The van der Waals surface area contributed by atoms with Crippen molar-refractivity contribution < 1.29 is 9.53 Å². The topological polar surface area (TPSA) is 68.2 Å². The fourth-order valence-corrected chi connectivity index (χ4v) is 2.31. The van der Waals surface area contributed by atoms with Gasteiger partial charge in [0.05, 0.1) is 5.69 Å². The molecule has 1 fully saturated rings. The summed E-state index contributed by atoms with van der Waals surface area (Å²) in [4.78, 5) is 12.0. The van der Waals surface area contributed by atoms with Gasteiger partial charge in [0.25, 0.3) is 0 Å². The Morgan fingerprint density at radius 1 is 1.50 bits per heavy atom. The summed E-state index contributed by atoms with van der Waals surface area (Å²) in [5, 5.41) is 10.3. The van der Waals surface area contributed by atoms with Gasteiger partial charge < -0.3 is 10.1 Å². The average molecular weight is 280 g/mol. The number of anilines is 1. The van der Waals surface area contributed by atoms with Crippen LogP contribution in [0.15, 0.2) is 6.07 Å². The van der Waals surface area contributed by atoms with Crippen LogP contribution < -0.4 is 10.6 Å². The van der Waals surface area contributed by atoms with Crippen molar-refractivity contribution in [3.8, 4) is 0 Å². The molecular weight excluding hydrogens is 256 g/mol. The summed E-state index contributed by atoms with van der Waals surface area (Å²) in [6.07, 6.45) is 1.75. The van der Waals surface area contributed by atoms with Crippen LogP contribution in [0.1, 0.15) is 32.4 Å². The average Bonchev–Trinajstić information content (AvgIpc) is 2.69. The van der Waals surface area contributed by atoms with Crippen molar-refractivity contribution >= 4 is 11.8 Å². The second-order valence-electron chi connectivity index (χ2n) is 5.73. The Labute approximate surface area is 119 Å². The van der Waals surface area contributed by atoms with E-state index in [1.165, 1.54) is 0 Å². The molecule has 0 unspecified atom stereocenters. The minimum Gasteiger partial charge on any atom is -0.381 e. The third-order valence-electron chi connectivity index (χ3n) is 3.24. The van der Waals surface area contributed by atoms with Crippen LogP contribution in [0.5, 0.6) is 0 Å². The molecule has 2 heterocycles. The first-order valence-corrected chi connectivity index (χ1v) is 7.24. The fraction of sp³-hybridized carbons (Fsp3) is 0.714. The van der Waals surface area contributed by atoms with E-state index in [-0.39, 0.29) is 12.1 Å². The zero-order valence-electron chi connectivity index (χ0n) is 12.5. The van der Waals surface area contributed by atoms with Crippen LogP contribution in [0.3, 0.4) is 0 Å². The van der Waals surface area contributed by atoms with Crippen LogP contribution in [0.25, 0.3) is 0 Å². The first-order valence-electron chi connectivity index (χ1n) is 7.24. The maximum absolute atomic E-state index is 12.0. The summed E-state index contributed by atoms with van der Waals surface area (Å²) in [6, 6.07) is 1.93. The summed E-state index contributed by atoms with van der Waals surface area (Å²) in [5.41, 5.74) is 0.909. The third-order valence-corrected chi connectivity index (χ3v) is 3.24. The number of hydrogen-bond donors (Lipinski definition) is 2. The largest absolute Gasteiger partial charge is 0.381 e. The van der Waals surface area contributed by atoms with Crippen LogP contribution >= 0.6 is 0 Å². The van der Waals surface area contributed by atoms with Gasteiger partial charge in [0.2, 0.25) is 0 Å². The molecule has 0 aromatic carbocycles. The quantitative estimate of drug-likeness (QED) is 0.888. The smallest absolute Gasteiger partial charge is 0.320 e. The lowest BCUT2D eigenvalue weighted by molar-refractivity contribution is 0.0806. The minimum atomic E-state index is -0.165. The van der Waals surface area contributed by atoms with E-state index in [1.807, 2.05) is 17.7 Å². The molecule has 6 heteroatoms. The number of rotatable bonds is 4. The summed E-state index contributed by atoms with van der Waals surface area (Å²) >= 11 is 0. The molecule has 112 valence electrons. The fourth-order valence-electron chi connectivity index (χ4n) is 2.31. The highest BCUT2D eigenvalue weighted by molar-refractivity contribution is 5.88. The van der Waals surface area contributed by atoms with Gasteiger partial charge in [-0.25, -0.2) is 9.48 Å². The Morgan fingerprint density at radius 2 is 2.20 bits per heavy atom. The van der Waals surface area contributed by atoms with Crippen LogP contribution in [-0.2, 0) is 11.3 Å². The van der Waals surface area contributed by atoms with Crippen molar-refractivity contribution in [3.63, 3.8) is 0 Å². The van der Waals surface area contributed by atoms with Crippen LogP contribution in [0.2, 0.25) is 0 Å². The van der Waals surface area contributed by atoms with Crippen LogP contribution in [-0.4, -0.2) is 35.1 Å². The molecule has 0 atom stereocenters. The lowest BCUT2D eigenvalue weighted by Gasteiger charge is -2.23. The molecule has 0 saturated carbocycles. The molecule has 1 aromatic rings. The molecule has 2 rings (SSSR count). The number of aromatic nitrogens is 2. The minimum absolute atomic E-state index is 0.165. The summed E-state index contributed by atoms with van der Waals surface area (Å²) in [6.45, 7) is 8.41. The number of carbonyl (C=O) groups is 1. The molecule has 0 radical (unpaired) electrons. The Balaban J connectivity index is 1.92. The van der Waals surface area contributed by atoms with Gasteiger partial charge in [-0.3, -0.25) is 5.32 Å². The van der Waals surface area contributed by atoms with Gasteiger partial charge in [-0.05, 0) is 25.7 Å². The van der Waals surface area contributed by atoms with Gasteiger partial charge in [0.15, 0.2) is 0 Å². The number of aryl methyl sites for hydroxylation is 1. The van der Waals surface area contributed by atoms with E-state index >= 15 is 0 Å². The summed E-state index contributed by atoms with van der Waals surface area (Å²) in [5.74, 6) is 1.23. The highest BCUT2D eigenvalue weighted by Crippen LogP contribution is 2.13. The monoisotopic (exact) mass is 280 g/mol. The highest BCUT2D eigenvalue weighted by Gasteiger charge is 2.17. The Hall–Kier alpha value is -1.56. The number of urea groups is 1. The van der Waals surface area contributed by atoms with E-state index < -0.39 is 0 Å². The maximum atomic E-state index is 12.0. The predicted octanol–water partition coefficient (Wildman–Crippen LogP) is 2.15. The summed E-state index contributed by atoms with van der Waals surface area (Å²) in [7, 11) is 0. The van der Waals surface area contributed by atoms with Crippen molar-refractivity contribution in [3.05, 3.63) is 11.8 Å². The first kappa shape index (κ1) is 14.8. The van der Waals surface area contributed by atoms with Crippen molar-refractivity contribution in [1.29, 1.82) is 0 Å². The van der Waals surface area contributed by atoms with E-state index in [1.54, 1.807) is 0 Å². The molecule has 1 aliphatic rings. The van der Waals surface area contributed by atoms with E-state index in [0.717, 1.165) is 44.1 Å².